The molecule has 5 heteroatoms. The van der Waals surface area contributed by atoms with Gasteiger partial charge in [-0.1, -0.05) is 11.2 Å². The van der Waals surface area contributed by atoms with Crippen molar-refractivity contribution in [3.63, 3.8) is 0 Å². The molecule has 1 heterocycles. The predicted molar refractivity (Wildman–Crippen MR) is 52.0 cm³/mol. The van der Waals surface area contributed by atoms with Crippen LogP contribution >= 0.6 is 0 Å². The fraction of sp³-hybridized carbons (Fsp3) is 0.222. The van der Waals surface area contributed by atoms with Crippen molar-refractivity contribution in [1.82, 2.24) is 4.98 Å². The van der Waals surface area contributed by atoms with Gasteiger partial charge in [-0.25, -0.2) is 4.39 Å². The van der Waals surface area contributed by atoms with Crippen LogP contribution in [0.2, 0.25) is 0 Å². The van der Waals surface area contributed by atoms with Crippen molar-refractivity contribution < 1.29 is 4.39 Å². The molecule has 1 aromatic rings. The third-order valence-corrected chi connectivity index (χ3v) is 1.54. The molecule has 0 aliphatic carbocycles. The van der Waals surface area contributed by atoms with E-state index in [1.54, 1.807) is 19.1 Å². The molecule has 1 aromatic heterocycles. The summed E-state index contributed by atoms with van der Waals surface area (Å²) in [5, 5.41) is 3.28. The molecule has 0 atom stereocenters. The van der Waals surface area contributed by atoms with Gasteiger partial charge < -0.3 is 0 Å². The second-order valence-electron chi connectivity index (χ2n) is 2.64. The normalized spacial score (nSPS) is 10.1. The summed E-state index contributed by atoms with van der Waals surface area (Å²) >= 11 is 0. The molecule has 0 radical (unpaired) electrons. The Balaban J connectivity index is 2.79. The van der Waals surface area contributed by atoms with E-state index < -0.39 is 0 Å². The van der Waals surface area contributed by atoms with Crippen LogP contribution in [0.15, 0.2) is 23.3 Å². The highest BCUT2D eigenvalue weighted by Gasteiger charge is 1.98. The Hall–Kier alpha value is -1.87. The number of aromatic nitrogens is 1. The standard InChI is InChI=1S/C9H9FN4/c1-7-4-5-8(10)9(13-7)3-2-6-12-14-11/h2-5H,6H2,1H3. The van der Waals surface area contributed by atoms with E-state index in [2.05, 4.69) is 15.0 Å². The summed E-state index contributed by atoms with van der Waals surface area (Å²) in [6.07, 6.45) is 3.06. The predicted octanol–water partition coefficient (Wildman–Crippen LogP) is 2.85. The summed E-state index contributed by atoms with van der Waals surface area (Å²) < 4.78 is 13.1. The molecule has 0 fully saturated rings. The largest absolute Gasteiger partial charge is 0.251 e. The maximum atomic E-state index is 13.1. The third-order valence-electron chi connectivity index (χ3n) is 1.54. The van der Waals surface area contributed by atoms with E-state index in [4.69, 9.17) is 5.53 Å². The van der Waals surface area contributed by atoms with Crippen molar-refractivity contribution in [1.29, 1.82) is 0 Å². The summed E-state index contributed by atoms with van der Waals surface area (Å²) in [6, 6.07) is 2.95. The molecule has 0 aliphatic heterocycles. The zero-order valence-corrected chi connectivity index (χ0v) is 7.68. The van der Waals surface area contributed by atoms with Crippen molar-refractivity contribution >= 4 is 6.08 Å². The summed E-state index contributed by atoms with van der Waals surface area (Å²) in [4.78, 5) is 6.54. The van der Waals surface area contributed by atoms with Gasteiger partial charge in [0.25, 0.3) is 0 Å². The van der Waals surface area contributed by atoms with E-state index in [9.17, 15) is 4.39 Å². The molecule has 0 aromatic carbocycles. The Kier molecular flexibility index (Phi) is 3.64. The number of aryl methyl sites for hydroxylation is 1. The highest BCUT2D eigenvalue weighted by atomic mass is 19.1. The summed E-state index contributed by atoms with van der Waals surface area (Å²) in [5.74, 6) is -0.382. The van der Waals surface area contributed by atoms with Crippen LogP contribution in [0.5, 0.6) is 0 Å². The maximum absolute atomic E-state index is 13.1. The number of azide groups is 1. The van der Waals surface area contributed by atoms with Crippen LogP contribution in [-0.4, -0.2) is 11.5 Å². The highest BCUT2D eigenvalue weighted by molar-refractivity contribution is 5.45. The van der Waals surface area contributed by atoms with Crippen molar-refractivity contribution in [2.45, 2.75) is 6.92 Å². The maximum Gasteiger partial charge on any atom is 0.148 e. The first-order valence-corrected chi connectivity index (χ1v) is 4.04. The van der Waals surface area contributed by atoms with Gasteiger partial charge in [0.2, 0.25) is 0 Å². The van der Waals surface area contributed by atoms with E-state index in [0.717, 1.165) is 5.69 Å². The van der Waals surface area contributed by atoms with Crippen molar-refractivity contribution in [3.8, 4) is 0 Å². The van der Waals surface area contributed by atoms with Crippen LogP contribution in [-0.2, 0) is 0 Å². The smallest absolute Gasteiger partial charge is 0.148 e. The summed E-state index contributed by atoms with van der Waals surface area (Å²) in [5.41, 5.74) is 9.00. The Morgan fingerprint density at radius 1 is 1.64 bits per heavy atom. The fourth-order valence-electron chi connectivity index (χ4n) is 0.925. The fourth-order valence-corrected chi connectivity index (χ4v) is 0.925. The van der Waals surface area contributed by atoms with E-state index in [-0.39, 0.29) is 18.1 Å². The van der Waals surface area contributed by atoms with E-state index in [0.29, 0.717) is 0 Å². The molecular formula is C9H9FN4. The lowest BCUT2D eigenvalue weighted by Gasteiger charge is -1.96. The number of hydrogen-bond donors (Lipinski definition) is 0. The van der Waals surface area contributed by atoms with Gasteiger partial charge in [-0.3, -0.25) is 4.98 Å². The Morgan fingerprint density at radius 3 is 3.14 bits per heavy atom. The van der Waals surface area contributed by atoms with Gasteiger partial charge in [-0.15, -0.1) is 0 Å². The first-order valence-electron chi connectivity index (χ1n) is 4.04. The molecule has 0 amide bonds. The number of rotatable bonds is 3. The number of pyridine rings is 1. The minimum Gasteiger partial charge on any atom is -0.251 e. The SMILES string of the molecule is Cc1ccc(F)c(C=CCN=[N+]=[N-])n1. The van der Waals surface area contributed by atoms with Gasteiger partial charge in [0.1, 0.15) is 5.82 Å². The Morgan fingerprint density at radius 2 is 2.43 bits per heavy atom. The molecule has 0 aliphatic rings. The minimum atomic E-state index is -0.382. The van der Waals surface area contributed by atoms with E-state index in [1.807, 2.05) is 0 Å². The molecule has 0 spiro atoms. The lowest BCUT2D eigenvalue weighted by Crippen LogP contribution is -1.90. The molecule has 72 valence electrons. The molecule has 0 N–H and O–H groups in total. The molecule has 0 unspecified atom stereocenters. The van der Waals surface area contributed by atoms with Crippen molar-refractivity contribution in [2.24, 2.45) is 5.11 Å². The topological polar surface area (TPSA) is 61.7 Å². The second-order valence-corrected chi connectivity index (χ2v) is 2.64. The van der Waals surface area contributed by atoms with Crippen LogP contribution < -0.4 is 0 Å². The first-order chi connectivity index (χ1) is 6.74. The molecule has 0 saturated heterocycles. The number of nitrogens with zero attached hydrogens (tertiary/aromatic N) is 4. The van der Waals surface area contributed by atoms with Gasteiger partial charge in [-0.05, 0) is 30.7 Å². The third kappa shape index (κ3) is 2.88. The second kappa shape index (κ2) is 4.99. The molecule has 14 heavy (non-hydrogen) atoms. The lowest BCUT2D eigenvalue weighted by molar-refractivity contribution is 0.616. The molecule has 0 bridgehead atoms. The lowest BCUT2D eigenvalue weighted by atomic mass is 10.3. The molecular weight excluding hydrogens is 183 g/mol. The molecule has 4 nitrogen and oxygen atoms in total. The summed E-state index contributed by atoms with van der Waals surface area (Å²) in [6.45, 7) is 1.98. The first kappa shape index (κ1) is 10.2. The van der Waals surface area contributed by atoms with E-state index in [1.165, 1.54) is 12.1 Å². The average Bonchev–Trinajstić information content (AvgIpc) is 2.18. The van der Waals surface area contributed by atoms with Crippen LogP contribution in [0, 0.1) is 12.7 Å². The Bertz CT molecular complexity index is 394. The highest BCUT2D eigenvalue weighted by Crippen LogP contribution is 2.06. The van der Waals surface area contributed by atoms with E-state index >= 15 is 0 Å². The molecule has 1 rings (SSSR count). The van der Waals surface area contributed by atoms with Gasteiger partial charge in [0, 0.05) is 17.2 Å². The van der Waals surface area contributed by atoms with Gasteiger partial charge in [0.05, 0.1) is 5.69 Å². The van der Waals surface area contributed by atoms with Crippen LogP contribution in [0.1, 0.15) is 11.4 Å². The monoisotopic (exact) mass is 192 g/mol. The Labute approximate surface area is 80.7 Å². The van der Waals surface area contributed by atoms with Gasteiger partial charge in [0.15, 0.2) is 0 Å². The van der Waals surface area contributed by atoms with Crippen molar-refractivity contribution in [2.75, 3.05) is 6.54 Å². The number of halogens is 1. The van der Waals surface area contributed by atoms with Gasteiger partial charge >= 0.3 is 0 Å². The van der Waals surface area contributed by atoms with Crippen LogP contribution in [0.4, 0.5) is 4.39 Å². The van der Waals surface area contributed by atoms with Gasteiger partial charge in [-0.2, -0.15) is 0 Å². The quantitative estimate of drug-likeness (QED) is 0.412. The summed E-state index contributed by atoms with van der Waals surface area (Å²) in [7, 11) is 0. The zero-order chi connectivity index (χ0) is 10.4. The number of hydrogen-bond acceptors (Lipinski definition) is 2. The molecule has 0 saturated carbocycles. The van der Waals surface area contributed by atoms with Crippen LogP contribution in [0.25, 0.3) is 16.5 Å². The minimum absolute atomic E-state index is 0.200. The van der Waals surface area contributed by atoms with Crippen molar-refractivity contribution in [3.05, 3.63) is 45.9 Å². The van der Waals surface area contributed by atoms with Crippen LogP contribution in [0.3, 0.4) is 0 Å². The zero-order valence-electron chi connectivity index (χ0n) is 7.68. The average molecular weight is 192 g/mol.